The van der Waals surface area contributed by atoms with Gasteiger partial charge < -0.3 is 14.1 Å². The zero-order valence-corrected chi connectivity index (χ0v) is 9.26. The molecule has 0 amide bonds. The van der Waals surface area contributed by atoms with Crippen LogP contribution < -0.4 is 10.7 Å². The van der Waals surface area contributed by atoms with Crippen LogP contribution in [-0.4, -0.2) is 31.3 Å². The molecule has 0 saturated carbocycles. The van der Waals surface area contributed by atoms with Gasteiger partial charge in [-0.05, 0) is 12.1 Å². The Labute approximate surface area is 97.6 Å². The highest BCUT2D eigenvalue weighted by Gasteiger charge is 2.16. The van der Waals surface area contributed by atoms with Gasteiger partial charge in [0.2, 0.25) is 0 Å². The van der Waals surface area contributed by atoms with Crippen molar-refractivity contribution in [3.63, 3.8) is 0 Å². The molecule has 1 aliphatic heterocycles. The van der Waals surface area contributed by atoms with Gasteiger partial charge in [0.1, 0.15) is 11.4 Å². The van der Waals surface area contributed by atoms with Gasteiger partial charge in [0.05, 0.1) is 18.6 Å². The average molecular weight is 232 g/mol. The average Bonchev–Trinajstić information content (AvgIpc) is 2.39. The van der Waals surface area contributed by atoms with Crippen molar-refractivity contribution in [1.82, 2.24) is 4.98 Å². The molecule has 0 bridgehead atoms. The predicted molar refractivity (Wildman–Crippen MR) is 63.3 cm³/mol. The molecule has 5 nitrogen and oxygen atoms in total. The number of hydrogen-bond donors (Lipinski definition) is 0. The Balaban J connectivity index is 2.16. The number of benzene rings is 1. The molecule has 0 N–H and O–H groups in total. The largest absolute Gasteiger partial charge is 0.441 e. The van der Waals surface area contributed by atoms with Crippen LogP contribution in [0.5, 0.6) is 0 Å². The maximum Gasteiger partial charge on any atom is 0.441 e. The minimum absolute atomic E-state index is 0.551. The monoisotopic (exact) mass is 232 g/mol. The van der Waals surface area contributed by atoms with E-state index in [1.165, 1.54) is 0 Å². The van der Waals surface area contributed by atoms with Gasteiger partial charge in [-0.15, -0.1) is 0 Å². The molecule has 88 valence electrons. The molecule has 0 aliphatic carbocycles. The Kier molecular flexibility index (Phi) is 2.53. The van der Waals surface area contributed by atoms with E-state index in [1.807, 2.05) is 18.2 Å². The van der Waals surface area contributed by atoms with Gasteiger partial charge in [-0.1, -0.05) is 12.1 Å². The van der Waals surface area contributed by atoms with E-state index in [9.17, 15) is 4.79 Å². The number of aromatic nitrogens is 1. The molecule has 2 aromatic rings. The lowest BCUT2D eigenvalue weighted by Gasteiger charge is -2.28. The van der Waals surface area contributed by atoms with Gasteiger partial charge >= 0.3 is 5.76 Å². The van der Waals surface area contributed by atoms with Crippen molar-refractivity contribution in [1.29, 1.82) is 0 Å². The third kappa shape index (κ3) is 1.89. The number of para-hydroxylation sites is 1. The molecule has 1 saturated heterocycles. The molecule has 3 rings (SSSR count). The summed E-state index contributed by atoms with van der Waals surface area (Å²) >= 11 is 0. The fourth-order valence-corrected chi connectivity index (χ4v) is 2.02. The lowest BCUT2D eigenvalue weighted by atomic mass is 10.2. The van der Waals surface area contributed by atoms with E-state index in [0.29, 0.717) is 24.6 Å². The summed E-state index contributed by atoms with van der Waals surface area (Å²) in [5, 5.41) is 0.869. The zero-order valence-electron chi connectivity index (χ0n) is 9.26. The second-order valence-electron chi connectivity index (χ2n) is 3.90. The van der Waals surface area contributed by atoms with Crippen molar-refractivity contribution in [2.45, 2.75) is 0 Å². The highest BCUT2D eigenvalue weighted by Crippen LogP contribution is 2.23. The summed E-state index contributed by atoms with van der Waals surface area (Å²) in [5.41, 5.74) is 0.578. The Morgan fingerprint density at radius 2 is 1.94 bits per heavy atom. The van der Waals surface area contributed by atoms with Gasteiger partial charge in [0.25, 0.3) is 0 Å². The Hall–Kier alpha value is -1.88. The van der Waals surface area contributed by atoms with Gasteiger partial charge in [0.15, 0.2) is 0 Å². The topological polar surface area (TPSA) is 55.6 Å². The van der Waals surface area contributed by atoms with Crippen molar-refractivity contribution in [3.8, 4) is 0 Å². The highest BCUT2D eigenvalue weighted by molar-refractivity contribution is 5.87. The van der Waals surface area contributed by atoms with Crippen LogP contribution in [0.1, 0.15) is 0 Å². The smallest absolute Gasteiger partial charge is 0.408 e. The molecular weight excluding hydrogens is 220 g/mol. The standard InChI is InChI=1S/C12H12N2O3/c15-12-13-11(14-5-7-16-8-6-14)9-3-1-2-4-10(9)17-12/h1-4H,5-8H2. The van der Waals surface area contributed by atoms with Crippen LogP contribution >= 0.6 is 0 Å². The van der Waals surface area contributed by atoms with Crippen molar-refractivity contribution in [2.75, 3.05) is 31.2 Å². The SMILES string of the molecule is O=c1nc(N2CCOCC2)c2ccccc2o1. The molecule has 0 radical (unpaired) electrons. The number of fused-ring (bicyclic) bond motifs is 1. The molecule has 0 atom stereocenters. The fourth-order valence-electron chi connectivity index (χ4n) is 2.02. The number of ether oxygens (including phenoxy) is 1. The lowest BCUT2D eigenvalue weighted by molar-refractivity contribution is 0.122. The van der Waals surface area contributed by atoms with Crippen molar-refractivity contribution < 1.29 is 9.15 Å². The van der Waals surface area contributed by atoms with E-state index in [-0.39, 0.29) is 0 Å². The quantitative estimate of drug-likeness (QED) is 0.734. The van der Waals surface area contributed by atoms with Crippen LogP contribution in [0.4, 0.5) is 5.82 Å². The molecule has 1 aromatic carbocycles. The lowest BCUT2D eigenvalue weighted by Crippen LogP contribution is -2.37. The maximum atomic E-state index is 11.4. The first-order valence-electron chi connectivity index (χ1n) is 5.57. The number of rotatable bonds is 1. The fraction of sp³-hybridized carbons (Fsp3) is 0.333. The van der Waals surface area contributed by atoms with E-state index in [1.54, 1.807) is 6.07 Å². The van der Waals surface area contributed by atoms with Crippen LogP contribution in [0.2, 0.25) is 0 Å². The first kappa shape index (κ1) is 10.3. The predicted octanol–water partition coefficient (Wildman–Crippen LogP) is 1.02. The summed E-state index contributed by atoms with van der Waals surface area (Å²) in [6, 6.07) is 7.45. The van der Waals surface area contributed by atoms with E-state index < -0.39 is 5.76 Å². The van der Waals surface area contributed by atoms with Crippen molar-refractivity contribution in [2.24, 2.45) is 0 Å². The number of hydrogen-bond acceptors (Lipinski definition) is 5. The molecule has 17 heavy (non-hydrogen) atoms. The Morgan fingerprint density at radius 1 is 1.18 bits per heavy atom. The minimum atomic E-state index is -0.551. The molecule has 0 unspecified atom stereocenters. The summed E-state index contributed by atoms with van der Waals surface area (Å²) in [5.74, 6) is 0.144. The summed E-state index contributed by atoms with van der Waals surface area (Å²) < 4.78 is 10.4. The van der Waals surface area contributed by atoms with E-state index >= 15 is 0 Å². The third-order valence-electron chi connectivity index (χ3n) is 2.83. The molecule has 1 aromatic heterocycles. The Morgan fingerprint density at radius 3 is 2.76 bits per heavy atom. The number of anilines is 1. The molecule has 0 spiro atoms. The van der Waals surface area contributed by atoms with E-state index in [2.05, 4.69) is 9.88 Å². The van der Waals surface area contributed by atoms with Crippen LogP contribution in [0.25, 0.3) is 11.0 Å². The number of nitrogens with zero attached hydrogens (tertiary/aromatic N) is 2. The third-order valence-corrected chi connectivity index (χ3v) is 2.83. The molecule has 2 heterocycles. The van der Waals surface area contributed by atoms with Gasteiger partial charge in [-0.25, -0.2) is 4.79 Å². The van der Waals surface area contributed by atoms with Gasteiger partial charge in [-0.2, -0.15) is 4.98 Å². The van der Waals surface area contributed by atoms with Crippen LogP contribution in [0.3, 0.4) is 0 Å². The van der Waals surface area contributed by atoms with Crippen LogP contribution in [-0.2, 0) is 4.74 Å². The number of morpholine rings is 1. The molecule has 5 heteroatoms. The zero-order chi connectivity index (χ0) is 11.7. The summed E-state index contributed by atoms with van der Waals surface area (Å²) in [6.45, 7) is 2.83. The first-order valence-corrected chi connectivity index (χ1v) is 5.57. The van der Waals surface area contributed by atoms with Crippen molar-refractivity contribution >= 4 is 16.8 Å². The first-order chi connectivity index (χ1) is 8.34. The van der Waals surface area contributed by atoms with Crippen LogP contribution in [0.15, 0.2) is 33.5 Å². The summed E-state index contributed by atoms with van der Waals surface area (Å²) in [4.78, 5) is 17.4. The van der Waals surface area contributed by atoms with Gasteiger partial charge in [0, 0.05) is 13.1 Å². The van der Waals surface area contributed by atoms with Crippen molar-refractivity contribution in [3.05, 3.63) is 34.8 Å². The second-order valence-corrected chi connectivity index (χ2v) is 3.90. The van der Waals surface area contributed by atoms with Crippen LogP contribution in [0, 0.1) is 0 Å². The molecule has 1 fully saturated rings. The maximum absolute atomic E-state index is 11.4. The van der Waals surface area contributed by atoms with Gasteiger partial charge in [-0.3, -0.25) is 0 Å². The van der Waals surface area contributed by atoms with E-state index in [0.717, 1.165) is 18.5 Å². The molecular formula is C12H12N2O3. The Bertz CT molecular complexity index is 588. The summed E-state index contributed by atoms with van der Waals surface area (Å²) in [7, 11) is 0. The molecule has 1 aliphatic rings. The minimum Gasteiger partial charge on any atom is -0.408 e. The highest BCUT2D eigenvalue weighted by atomic mass is 16.5. The second kappa shape index (κ2) is 4.18. The normalized spacial score (nSPS) is 16.4. The summed E-state index contributed by atoms with van der Waals surface area (Å²) in [6.07, 6.45) is 0. The van der Waals surface area contributed by atoms with E-state index in [4.69, 9.17) is 9.15 Å².